The smallest absolute Gasteiger partial charge is 1.00 e. The molecule has 0 unspecified atom stereocenters. The van der Waals surface area contributed by atoms with Gasteiger partial charge in [-0.05, 0) is 0 Å². The van der Waals surface area contributed by atoms with Crippen LogP contribution in [-0.4, -0.2) is 103 Å². The predicted molar refractivity (Wildman–Crippen MR) is 43.9 cm³/mol. The molecule has 0 aliphatic heterocycles. The van der Waals surface area contributed by atoms with Gasteiger partial charge in [-0.3, -0.25) is 0 Å². The first-order valence-corrected chi connectivity index (χ1v) is 2.68. The Bertz CT molecular complexity index is 38.7. The fourth-order valence-electron chi connectivity index (χ4n) is 0. The Hall–Kier alpha value is 2.50. The van der Waals surface area contributed by atoms with Gasteiger partial charge in [-0.25, -0.2) is 0 Å². The van der Waals surface area contributed by atoms with Crippen molar-refractivity contribution in [1.82, 2.24) is 0 Å². The molecule has 50 valence electrons. The van der Waals surface area contributed by atoms with Crippen molar-refractivity contribution in [1.29, 1.82) is 0 Å². The normalized spacial score (nSPS) is 7.50. The Labute approximate surface area is 105 Å². The van der Waals surface area contributed by atoms with Crippen LogP contribution in [0.4, 0.5) is 0 Å². The SMILES string of the molecule is O[Si](O)(O)O.[Ca+2].[GaH3].[GeH4].[H-].[H-]. The van der Waals surface area contributed by atoms with E-state index < -0.39 is 9.05 Å². The summed E-state index contributed by atoms with van der Waals surface area (Å²) in [5.41, 5.74) is 0. The summed E-state index contributed by atoms with van der Waals surface area (Å²) in [6.07, 6.45) is 0. The van der Waals surface area contributed by atoms with Crippen LogP contribution < -0.4 is 0 Å². The third-order valence-corrected chi connectivity index (χ3v) is 0. The van der Waals surface area contributed by atoms with E-state index in [0.717, 1.165) is 0 Å². The number of rotatable bonds is 0. The van der Waals surface area contributed by atoms with Crippen molar-refractivity contribution in [2.24, 2.45) is 0 Å². The fraction of sp³-hybridized carbons (Fsp3) is 0. The average Bonchev–Trinajstić information content (AvgIpc) is 0.722. The zero-order valence-corrected chi connectivity index (χ0v) is 6.20. The third-order valence-electron chi connectivity index (χ3n) is 0. The molecule has 0 fully saturated rings. The van der Waals surface area contributed by atoms with E-state index in [1.165, 1.54) is 0 Å². The first kappa shape index (κ1) is 22.4. The Morgan fingerprint density at radius 2 is 1.00 bits per heavy atom. The standard InChI is InChI=1S/Ca.Ga.GeH4.H4O4Si.5H/c;;;1-5(2,3)4;;;;;/h;;1H4;1-4H;;;;;/q+2;;;;;;;2*-1. The van der Waals surface area contributed by atoms with Crippen LogP contribution in [0.25, 0.3) is 0 Å². The van der Waals surface area contributed by atoms with Crippen LogP contribution in [0.1, 0.15) is 2.85 Å². The van der Waals surface area contributed by atoms with Crippen LogP contribution in [0, 0.1) is 0 Å². The summed E-state index contributed by atoms with van der Waals surface area (Å²) >= 11 is 0. The Balaban J connectivity index is -0.00000000800. The molecule has 4 N–H and O–H groups in total. The van der Waals surface area contributed by atoms with E-state index in [1.54, 1.807) is 0 Å². The molecule has 8 heteroatoms. The fourth-order valence-corrected chi connectivity index (χ4v) is 0. The van der Waals surface area contributed by atoms with Crippen LogP contribution in [0.5, 0.6) is 0 Å². The summed E-state index contributed by atoms with van der Waals surface area (Å²) in [6.45, 7) is 0. The molecule has 0 heterocycles. The quantitative estimate of drug-likeness (QED) is 0.335. The third kappa shape index (κ3) is 76.6. The van der Waals surface area contributed by atoms with Crippen molar-refractivity contribution < 1.29 is 22.0 Å². The van der Waals surface area contributed by atoms with Crippen molar-refractivity contribution in [3.63, 3.8) is 0 Å². The summed E-state index contributed by atoms with van der Waals surface area (Å²) in [4.78, 5) is 29.3. The second-order valence-electron chi connectivity index (χ2n) is 0.600. The Morgan fingerprint density at radius 1 is 1.00 bits per heavy atom. The van der Waals surface area contributed by atoms with E-state index in [4.69, 9.17) is 19.2 Å². The maximum Gasteiger partial charge on any atom is -1.00 e. The molecule has 0 aromatic carbocycles. The second-order valence-corrected chi connectivity index (χ2v) is 1.80. The zero-order chi connectivity index (χ0) is 4.50. The first-order chi connectivity index (χ1) is 2.00. The van der Waals surface area contributed by atoms with Crippen molar-refractivity contribution in [2.75, 3.05) is 0 Å². The molecule has 0 bridgehead atoms. The average molecular weight is 288 g/mol. The molecule has 0 aliphatic rings. The number of hydrogen-bond acceptors (Lipinski definition) is 4. The van der Waals surface area contributed by atoms with Crippen molar-refractivity contribution >= 4 is 84.2 Å². The van der Waals surface area contributed by atoms with Gasteiger partial charge in [-0.1, -0.05) is 0 Å². The van der Waals surface area contributed by atoms with E-state index in [2.05, 4.69) is 0 Å². The second kappa shape index (κ2) is 9.50. The van der Waals surface area contributed by atoms with Gasteiger partial charge in [-0.15, -0.1) is 0 Å². The van der Waals surface area contributed by atoms with Gasteiger partial charge in [0.25, 0.3) is 0 Å². The summed E-state index contributed by atoms with van der Waals surface area (Å²) in [7, 11) is -4.61. The minimum atomic E-state index is -4.61. The molecule has 0 aromatic heterocycles. The molecule has 0 aliphatic carbocycles. The summed E-state index contributed by atoms with van der Waals surface area (Å²) in [5.74, 6) is 0. The van der Waals surface area contributed by atoms with Crippen LogP contribution in [-0.2, 0) is 0 Å². The zero-order valence-electron chi connectivity index (χ0n) is 5.00. The molecule has 0 amide bonds. The molecule has 0 radical (unpaired) electrons. The van der Waals surface area contributed by atoms with Crippen LogP contribution in [0.3, 0.4) is 0 Å². The topological polar surface area (TPSA) is 80.9 Å². The van der Waals surface area contributed by atoms with Gasteiger partial charge >= 0.3 is 84.2 Å². The van der Waals surface area contributed by atoms with Crippen molar-refractivity contribution in [3.05, 3.63) is 0 Å². The van der Waals surface area contributed by atoms with Crippen molar-refractivity contribution in [3.8, 4) is 0 Å². The monoisotopic (exact) mass is 288 g/mol. The van der Waals surface area contributed by atoms with Gasteiger partial charge < -0.3 is 22.0 Å². The minimum Gasteiger partial charge on any atom is -1.00 e. The minimum absolute atomic E-state index is 0. The molecule has 0 aromatic rings. The summed E-state index contributed by atoms with van der Waals surface area (Å²) in [6, 6.07) is 0. The Kier molecular flexibility index (Phi) is 26.6. The van der Waals surface area contributed by atoms with E-state index in [-0.39, 0.29) is 78.0 Å². The molecule has 0 rings (SSSR count). The largest absolute Gasteiger partial charge is 1.00 e. The van der Waals surface area contributed by atoms with Gasteiger partial charge in [0.05, 0.1) is 0 Å². The van der Waals surface area contributed by atoms with Gasteiger partial charge in [0, 0.05) is 0 Å². The molecule has 0 saturated heterocycles. The molecule has 0 saturated carbocycles. The Morgan fingerprint density at radius 3 is 1.00 bits per heavy atom. The van der Waals surface area contributed by atoms with E-state index in [1.807, 2.05) is 0 Å². The van der Waals surface area contributed by atoms with Crippen LogP contribution in [0.15, 0.2) is 0 Å². The van der Waals surface area contributed by atoms with Gasteiger partial charge in [-0.2, -0.15) is 0 Å². The van der Waals surface area contributed by atoms with Crippen LogP contribution in [0.2, 0.25) is 0 Å². The maximum absolute atomic E-state index is 7.33. The molecule has 0 atom stereocenters. The molecule has 0 spiro atoms. The molecular formula is H13CaGaGeO4Si. The molecule has 8 heavy (non-hydrogen) atoms. The van der Waals surface area contributed by atoms with Crippen molar-refractivity contribution in [2.45, 2.75) is 0 Å². The summed E-state index contributed by atoms with van der Waals surface area (Å²) < 4.78 is 0. The predicted octanol–water partition coefficient (Wildman–Crippen LogP) is -5.40. The van der Waals surface area contributed by atoms with E-state index in [0.29, 0.717) is 0 Å². The first-order valence-electron chi connectivity index (χ1n) is 0.894. The van der Waals surface area contributed by atoms with E-state index in [9.17, 15) is 0 Å². The molecular weight excluding hydrogens is 274 g/mol. The summed E-state index contributed by atoms with van der Waals surface area (Å²) in [5, 5.41) is 0. The van der Waals surface area contributed by atoms with E-state index >= 15 is 0 Å². The van der Waals surface area contributed by atoms with Gasteiger partial charge in [0.2, 0.25) is 0 Å². The van der Waals surface area contributed by atoms with Gasteiger partial charge in [0.1, 0.15) is 0 Å². The van der Waals surface area contributed by atoms with Crippen LogP contribution >= 0.6 is 0 Å². The maximum atomic E-state index is 7.33. The van der Waals surface area contributed by atoms with Gasteiger partial charge in [0.15, 0.2) is 0 Å². The number of hydrogen-bond donors (Lipinski definition) is 4. The molecule has 4 nitrogen and oxygen atoms in total.